The van der Waals surface area contributed by atoms with Crippen molar-refractivity contribution in [1.82, 2.24) is 4.90 Å². The molecule has 0 fully saturated rings. The van der Waals surface area contributed by atoms with Crippen LogP contribution in [0, 0.1) is 0 Å². The molecular weight excluding hydrogens is 342 g/mol. The monoisotopic (exact) mass is 363 g/mol. The first-order valence-electron chi connectivity index (χ1n) is 8.74. The summed E-state index contributed by atoms with van der Waals surface area (Å²) in [6, 6.07) is 22.5. The fourth-order valence-corrected chi connectivity index (χ4v) is 2.74. The first kappa shape index (κ1) is 18.5. The summed E-state index contributed by atoms with van der Waals surface area (Å²) in [5.74, 6) is -0.838. The molecule has 0 N–H and O–H groups in total. The van der Waals surface area contributed by atoms with Crippen molar-refractivity contribution in [2.24, 2.45) is 0 Å². The lowest BCUT2D eigenvalue weighted by Crippen LogP contribution is -2.39. The van der Waals surface area contributed by atoms with E-state index >= 15 is 0 Å². The van der Waals surface area contributed by atoms with Crippen LogP contribution in [0.5, 0.6) is 0 Å². The Balaban J connectivity index is 1.73. The van der Waals surface area contributed by atoms with Gasteiger partial charge in [-0.05, 0) is 30.2 Å². The van der Waals surface area contributed by atoms with Gasteiger partial charge in [0.05, 0.1) is 6.26 Å². The van der Waals surface area contributed by atoms with Gasteiger partial charge < -0.3 is 14.1 Å². The average Bonchev–Trinajstić information content (AvgIpc) is 3.23. The van der Waals surface area contributed by atoms with E-state index in [2.05, 4.69) is 0 Å². The van der Waals surface area contributed by atoms with Crippen molar-refractivity contribution in [2.75, 3.05) is 0 Å². The SMILES string of the molecule is C[C@@H](OC(=O)c1ccco1)C(=O)N(Cc1ccccc1)Cc1ccccc1. The number of esters is 1. The van der Waals surface area contributed by atoms with Crippen molar-refractivity contribution in [2.45, 2.75) is 26.1 Å². The lowest BCUT2D eigenvalue weighted by molar-refractivity contribution is -0.141. The Labute approximate surface area is 158 Å². The van der Waals surface area contributed by atoms with Gasteiger partial charge in [-0.2, -0.15) is 0 Å². The summed E-state index contributed by atoms with van der Waals surface area (Å²) in [6.45, 7) is 2.43. The van der Waals surface area contributed by atoms with Crippen molar-refractivity contribution < 1.29 is 18.7 Å². The highest BCUT2D eigenvalue weighted by atomic mass is 16.6. The van der Waals surface area contributed by atoms with Gasteiger partial charge in [0.2, 0.25) is 5.76 Å². The van der Waals surface area contributed by atoms with Crippen LogP contribution >= 0.6 is 0 Å². The zero-order valence-corrected chi connectivity index (χ0v) is 15.1. The second-order valence-electron chi connectivity index (χ2n) is 6.19. The predicted molar refractivity (Wildman–Crippen MR) is 101 cm³/mol. The summed E-state index contributed by atoms with van der Waals surface area (Å²) in [5.41, 5.74) is 2.01. The van der Waals surface area contributed by atoms with Crippen LogP contribution in [-0.2, 0) is 22.6 Å². The van der Waals surface area contributed by atoms with Crippen LogP contribution in [-0.4, -0.2) is 22.9 Å². The summed E-state index contributed by atoms with van der Waals surface area (Å²) < 4.78 is 10.3. The second-order valence-corrected chi connectivity index (χ2v) is 6.19. The van der Waals surface area contributed by atoms with Gasteiger partial charge in [0.25, 0.3) is 5.91 Å². The number of nitrogens with zero attached hydrogens (tertiary/aromatic N) is 1. The van der Waals surface area contributed by atoms with E-state index in [0.29, 0.717) is 13.1 Å². The molecule has 5 heteroatoms. The van der Waals surface area contributed by atoms with Crippen molar-refractivity contribution in [3.05, 3.63) is 95.9 Å². The Hall–Kier alpha value is -3.34. The minimum absolute atomic E-state index is 0.0762. The average molecular weight is 363 g/mol. The molecule has 0 unspecified atom stereocenters. The molecule has 1 atom stereocenters. The molecule has 2 aromatic carbocycles. The van der Waals surface area contributed by atoms with Gasteiger partial charge in [-0.15, -0.1) is 0 Å². The maximum Gasteiger partial charge on any atom is 0.374 e. The summed E-state index contributed by atoms with van der Waals surface area (Å²) in [4.78, 5) is 26.7. The van der Waals surface area contributed by atoms with E-state index in [9.17, 15) is 9.59 Å². The molecule has 0 bridgehead atoms. The Kier molecular flexibility index (Phi) is 6.05. The first-order chi connectivity index (χ1) is 13.1. The van der Waals surface area contributed by atoms with E-state index in [1.807, 2.05) is 60.7 Å². The third-order valence-electron chi connectivity index (χ3n) is 4.10. The van der Waals surface area contributed by atoms with Crippen LogP contribution in [0.3, 0.4) is 0 Å². The zero-order valence-electron chi connectivity index (χ0n) is 15.1. The molecule has 0 radical (unpaired) electrons. The summed E-state index contributed by atoms with van der Waals surface area (Å²) in [7, 11) is 0. The van der Waals surface area contributed by atoms with Crippen LogP contribution in [0.25, 0.3) is 0 Å². The van der Waals surface area contributed by atoms with Crippen LogP contribution in [0.4, 0.5) is 0 Å². The highest BCUT2D eigenvalue weighted by Gasteiger charge is 2.25. The quantitative estimate of drug-likeness (QED) is 0.594. The van der Waals surface area contributed by atoms with Gasteiger partial charge in [0.15, 0.2) is 6.10 Å². The molecule has 3 rings (SSSR count). The van der Waals surface area contributed by atoms with Gasteiger partial charge in [-0.3, -0.25) is 4.79 Å². The summed E-state index contributed by atoms with van der Waals surface area (Å²) in [5, 5.41) is 0. The first-order valence-corrected chi connectivity index (χ1v) is 8.74. The lowest BCUT2D eigenvalue weighted by atomic mass is 10.1. The highest BCUT2D eigenvalue weighted by Crippen LogP contribution is 2.14. The summed E-state index contributed by atoms with van der Waals surface area (Å²) in [6.07, 6.45) is 0.468. The van der Waals surface area contributed by atoms with E-state index in [4.69, 9.17) is 9.15 Å². The molecule has 0 aliphatic carbocycles. The number of furan rings is 1. The summed E-state index contributed by atoms with van der Waals surface area (Å²) >= 11 is 0. The Bertz CT molecular complexity index is 818. The van der Waals surface area contributed by atoms with Crippen molar-refractivity contribution in [3.8, 4) is 0 Å². The van der Waals surface area contributed by atoms with Crippen molar-refractivity contribution in [3.63, 3.8) is 0 Å². The molecule has 1 aromatic heterocycles. The van der Waals surface area contributed by atoms with Crippen LogP contribution in [0.2, 0.25) is 0 Å². The second kappa shape index (κ2) is 8.85. The smallest absolute Gasteiger partial charge is 0.374 e. The number of hydrogen-bond acceptors (Lipinski definition) is 4. The third kappa shape index (κ3) is 5.07. The maximum atomic E-state index is 13.0. The molecule has 0 saturated carbocycles. The number of ether oxygens (including phenoxy) is 1. The normalized spacial score (nSPS) is 11.6. The predicted octanol–water partition coefficient (Wildman–Crippen LogP) is 4.05. The van der Waals surface area contributed by atoms with Crippen LogP contribution in [0.15, 0.2) is 83.5 Å². The number of carbonyl (C=O) groups excluding carboxylic acids is 2. The Morgan fingerprint density at radius 1 is 0.889 bits per heavy atom. The minimum atomic E-state index is -0.921. The topological polar surface area (TPSA) is 59.8 Å². The molecule has 0 aliphatic heterocycles. The largest absolute Gasteiger partial charge is 0.457 e. The molecule has 0 saturated heterocycles. The fourth-order valence-electron chi connectivity index (χ4n) is 2.74. The van der Waals surface area contributed by atoms with Gasteiger partial charge >= 0.3 is 5.97 Å². The number of hydrogen-bond donors (Lipinski definition) is 0. The van der Waals surface area contributed by atoms with E-state index < -0.39 is 12.1 Å². The van der Waals surface area contributed by atoms with Gasteiger partial charge in [-0.25, -0.2) is 4.79 Å². The molecule has 1 amide bonds. The molecular formula is C22H21NO4. The number of carbonyl (C=O) groups is 2. The van der Waals surface area contributed by atoms with E-state index in [-0.39, 0.29) is 11.7 Å². The Morgan fingerprint density at radius 2 is 1.44 bits per heavy atom. The number of benzene rings is 2. The number of amides is 1. The van der Waals surface area contributed by atoms with Crippen LogP contribution in [0.1, 0.15) is 28.6 Å². The van der Waals surface area contributed by atoms with E-state index in [1.54, 1.807) is 17.9 Å². The molecule has 0 aliphatic rings. The third-order valence-corrected chi connectivity index (χ3v) is 4.10. The fraction of sp³-hybridized carbons (Fsp3) is 0.182. The molecule has 0 spiro atoms. The van der Waals surface area contributed by atoms with Gasteiger partial charge in [0, 0.05) is 13.1 Å². The van der Waals surface area contributed by atoms with Gasteiger partial charge in [0.1, 0.15) is 0 Å². The molecule has 27 heavy (non-hydrogen) atoms. The van der Waals surface area contributed by atoms with E-state index in [0.717, 1.165) is 11.1 Å². The molecule has 3 aromatic rings. The highest BCUT2D eigenvalue weighted by molar-refractivity contribution is 5.90. The van der Waals surface area contributed by atoms with Crippen molar-refractivity contribution in [1.29, 1.82) is 0 Å². The standard InChI is InChI=1S/C22H21NO4/c1-17(27-22(25)20-13-8-14-26-20)21(24)23(15-18-9-4-2-5-10-18)16-19-11-6-3-7-12-19/h2-14,17H,15-16H2,1H3/t17-/m1/s1. The Morgan fingerprint density at radius 3 is 1.93 bits per heavy atom. The van der Waals surface area contributed by atoms with Gasteiger partial charge in [-0.1, -0.05) is 60.7 Å². The zero-order chi connectivity index (χ0) is 19.1. The van der Waals surface area contributed by atoms with E-state index in [1.165, 1.54) is 12.3 Å². The molecule has 138 valence electrons. The van der Waals surface area contributed by atoms with Crippen LogP contribution < -0.4 is 0 Å². The molecule has 1 heterocycles. The molecule has 5 nitrogen and oxygen atoms in total. The van der Waals surface area contributed by atoms with Crippen molar-refractivity contribution >= 4 is 11.9 Å². The lowest BCUT2D eigenvalue weighted by Gasteiger charge is -2.26. The minimum Gasteiger partial charge on any atom is -0.457 e. The maximum absolute atomic E-state index is 13.0. The number of rotatable bonds is 7.